The molecule has 0 spiro atoms. The molecule has 0 aliphatic heterocycles. The van der Waals surface area contributed by atoms with E-state index in [1.165, 1.54) is 26.4 Å². The number of hydrogen-bond acceptors (Lipinski definition) is 7. The maximum absolute atomic E-state index is 12.8. The van der Waals surface area contributed by atoms with Crippen LogP contribution in [0.5, 0.6) is 11.5 Å². The van der Waals surface area contributed by atoms with Crippen LogP contribution in [-0.4, -0.2) is 67.5 Å². The molecule has 5 rings (SSSR count). The van der Waals surface area contributed by atoms with Crippen LogP contribution in [0.4, 0.5) is 0 Å². The third-order valence-electron chi connectivity index (χ3n) is 8.53. The second-order valence-electron chi connectivity index (χ2n) is 10.8. The van der Waals surface area contributed by atoms with Gasteiger partial charge in [-0.2, -0.15) is 0 Å². The van der Waals surface area contributed by atoms with Gasteiger partial charge in [-0.05, 0) is 96.2 Å². The molecule has 8 nitrogen and oxygen atoms in total. The average molecular weight is 613 g/mol. The molecule has 3 fully saturated rings. The van der Waals surface area contributed by atoms with Crippen LogP contribution in [0, 0.1) is 26.7 Å². The molecule has 198 valence electrons. The standard InChI is InChI=1S/C27H37IN2O6/c1-27(2)18-5-4-16(19(27)12-18)13-30-21-10-17(26(34)29-6-7-31)11-22(24(21)33)36-25-20(28)8-15(14-32)9-23(25)35-3/h8-9,11,14,16,18-19,21-22,24,30-31,33H,4-7,10,12-13H2,1-3H3,(H,29,34)/t16-,18-,19-,21+,22-,24-/m0/s1. The number of aliphatic hydroxyl groups is 2. The number of aldehydes is 1. The number of rotatable bonds is 10. The minimum absolute atomic E-state index is 0.151. The first-order valence-electron chi connectivity index (χ1n) is 12.7. The van der Waals surface area contributed by atoms with Gasteiger partial charge in [0.25, 0.3) is 0 Å². The van der Waals surface area contributed by atoms with Gasteiger partial charge in [0.1, 0.15) is 18.5 Å². The van der Waals surface area contributed by atoms with Crippen molar-refractivity contribution in [3.8, 4) is 11.5 Å². The monoisotopic (exact) mass is 612 g/mol. The van der Waals surface area contributed by atoms with E-state index < -0.39 is 12.2 Å². The zero-order chi connectivity index (χ0) is 26.0. The lowest BCUT2D eigenvalue weighted by molar-refractivity contribution is -0.118. The van der Waals surface area contributed by atoms with Gasteiger partial charge in [0.05, 0.1) is 17.3 Å². The summed E-state index contributed by atoms with van der Waals surface area (Å²) in [5, 5.41) is 26.7. The number of ether oxygens (including phenoxy) is 2. The van der Waals surface area contributed by atoms with E-state index >= 15 is 0 Å². The molecule has 0 aromatic heterocycles. The van der Waals surface area contributed by atoms with E-state index in [0.717, 1.165) is 18.7 Å². The lowest BCUT2D eigenvalue weighted by atomic mass is 9.45. The smallest absolute Gasteiger partial charge is 0.247 e. The summed E-state index contributed by atoms with van der Waals surface area (Å²) in [6, 6.07) is 2.91. The zero-order valence-corrected chi connectivity index (χ0v) is 23.3. The van der Waals surface area contributed by atoms with E-state index in [2.05, 4.69) is 47.1 Å². The number of carbonyl (C=O) groups is 2. The van der Waals surface area contributed by atoms with E-state index in [9.17, 15) is 14.7 Å². The average Bonchev–Trinajstić information content (AvgIpc) is 2.88. The largest absolute Gasteiger partial charge is 0.493 e. The summed E-state index contributed by atoms with van der Waals surface area (Å²) in [5.41, 5.74) is 1.33. The van der Waals surface area contributed by atoms with Crippen molar-refractivity contribution >= 4 is 34.8 Å². The van der Waals surface area contributed by atoms with Crippen LogP contribution in [0.25, 0.3) is 0 Å². The summed E-state index contributed by atoms with van der Waals surface area (Å²) >= 11 is 2.07. The highest BCUT2D eigenvalue weighted by atomic mass is 127. The Labute approximate surface area is 226 Å². The summed E-state index contributed by atoms with van der Waals surface area (Å²) in [5.74, 6) is 2.57. The molecule has 4 N–H and O–H groups in total. The van der Waals surface area contributed by atoms with Crippen molar-refractivity contribution in [3.05, 3.63) is 32.9 Å². The topological polar surface area (TPSA) is 117 Å². The fourth-order valence-corrected chi connectivity index (χ4v) is 7.02. The Morgan fingerprint density at radius 2 is 2.08 bits per heavy atom. The fourth-order valence-electron chi connectivity index (χ4n) is 6.27. The number of aliphatic hydroxyl groups excluding tert-OH is 2. The Hall–Kier alpha value is -1.69. The summed E-state index contributed by atoms with van der Waals surface area (Å²) in [7, 11) is 1.49. The molecule has 1 aromatic rings. The Kier molecular flexibility index (Phi) is 8.63. The first-order valence-corrected chi connectivity index (χ1v) is 13.8. The van der Waals surface area contributed by atoms with Crippen molar-refractivity contribution in [1.29, 1.82) is 0 Å². The van der Waals surface area contributed by atoms with Gasteiger partial charge in [-0.3, -0.25) is 9.59 Å². The second-order valence-corrected chi connectivity index (χ2v) is 12.0. The van der Waals surface area contributed by atoms with Crippen LogP contribution in [-0.2, 0) is 4.79 Å². The molecule has 0 radical (unpaired) electrons. The summed E-state index contributed by atoms with van der Waals surface area (Å²) in [4.78, 5) is 24.1. The predicted octanol–water partition coefficient (Wildman–Crippen LogP) is 2.69. The van der Waals surface area contributed by atoms with Gasteiger partial charge in [-0.15, -0.1) is 0 Å². The molecular weight excluding hydrogens is 575 g/mol. The number of amides is 1. The maximum atomic E-state index is 12.8. The summed E-state index contributed by atoms with van der Waals surface area (Å²) in [6.07, 6.45) is 4.78. The van der Waals surface area contributed by atoms with Crippen molar-refractivity contribution < 1.29 is 29.3 Å². The van der Waals surface area contributed by atoms with Crippen molar-refractivity contribution in [1.82, 2.24) is 10.6 Å². The highest BCUT2D eigenvalue weighted by Crippen LogP contribution is 2.61. The highest BCUT2D eigenvalue weighted by molar-refractivity contribution is 14.1. The SMILES string of the molecule is COc1cc(C=O)cc(I)c1O[C@H]1C=C(C(=O)NCCO)C[C@@H](NC[C@@H]2CC[C@H]3C[C@@H]2C3(C)C)[C@@H]1O. The van der Waals surface area contributed by atoms with Crippen molar-refractivity contribution in [2.75, 3.05) is 26.8 Å². The number of fused-ring (bicyclic) bond motifs is 2. The molecule has 1 aromatic carbocycles. The maximum Gasteiger partial charge on any atom is 0.247 e. The number of hydrogen-bond donors (Lipinski definition) is 4. The lowest BCUT2D eigenvalue weighted by Gasteiger charge is -2.60. The molecule has 36 heavy (non-hydrogen) atoms. The molecule has 3 saturated carbocycles. The third kappa shape index (κ3) is 5.44. The summed E-state index contributed by atoms with van der Waals surface area (Å²) in [6.45, 7) is 5.53. The predicted molar refractivity (Wildman–Crippen MR) is 144 cm³/mol. The highest BCUT2D eigenvalue weighted by Gasteiger charge is 2.54. The Bertz CT molecular complexity index is 1010. The fraction of sp³-hybridized carbons (Fsp3) is 0.630. The number of benzene rings is 1. The molecule has 6 atom stereocenters. The first-order chi connectivity index (χ1) is 17.2. The molecule has 4 aliphatic carbocycles. The van der Waals surface area contributed by atoms with Crippen LogP contribution < -0.4 is 20.1 Å². The first kappa shape index (κ1) is 27.3. The van der Waals surface area contributed by atoms with Gasteiger partial charge in [0.2, 0.25) is 5.91 Å². The van der Waals surface area contributed by atoms with Gasteiger partial charge in [-0.25, -0.2) is 0 Å². The molecular formula is C27H37IN2O6. The number of methoxy groups -OCH3 is 1. The molecule has 2 bridgehead atoms. The van der Waals surface area contributed by atoms with E-state index in [1.54, 1.807) is 18.2 Å². The van der Waals surface area contributed by atoms with Crippen LogP contribution in [0.15, 0.2) is 23.8 Å². The van der Waals surface area contributed by atoms with E-state index in [4.69, 9.17) is 14.6 Å². The molecule has 0 heterocycles. The minimum Gasteiger partial charge on any atom is -0.493 e. The van der Waals surface area contributed by atoms with Crippen LogP contribution >= 0.6 is 22.6 Å². The number of nitrogens with one attached hydrogen (secondary N) is 2. The Morgan fingerprint density at radius 1 is 1.31 bits per heavy atom. The van der Waals surface area contributed by atoms with Crippen molar-refractivity contribution in [2.45, 2.75) is 57.8 Å². The third-order valence-corrected chi connectivity index (χ3v) is 9.33. The van der Waals surface area contributed by atoms with Crippen molar-refractivity contribution in [3.63, 3.8) is 0 Å². The molecule has 0 unspecified atom stereocenters. The Balaban J connectivity index is 1.54. The van der Waals surface area contributed by atoms with E-state index in [0.29, 0.717) is 49.9 Å². The molecule has 0 saturated heterocycles. The van der Waals surface area contributed by atoms with Gasteiger partial charge in [0.15, 0.2) is 11.5 Å². The zero-order valence-electron chi connectivity index (χ0n) is 21.1. The lowest BCUT2D eigenvalue weighted by Crippen LogP contribution is -2.57. The molecule has 4 aliphatic rings. The number of halogens is 1. The van der Waals surface area contributed by atoms with E-state index in [1.807, 2.05) is 0 Å². The van der Waals surface area contributed by atoms with Crippen molar-refractivity contribution in [2.24, 2.45) is 23.2 Å². The van der Waals surface area contributed by atoms with Crippen LogP contribution in [0.3, 0.4) is 0 Å². The van der Waals surface area contributed by atoms with Crippen LogP contribution in [0.2, 0.25) is 0 Å². The second kappa shape index (κ2) is 11.4. The van der Waals surface area contributed by atoms with Gasteiger partial charge >= 0.3 is 0 Å². The number of carbonyl (C=O) groups excluding carboxylic acids is 2. The summed E-state index contributed by atoms with van der Waals surface area (Å²) < 4.78 is 12.4. The van der Waals surface area contributed by atoms with Gasteiger partial charge in [0, 0.05) is 23.7 Å². The Morgan fingerprint density at radius 3 is 2.72 bits per heavy atom. The molecule has 1 amide bonds. The quantitative estimate of drug-likeness (QED) is 0.237. The minimum atomic E-state index is -0.892. The molecule has 9 heteroatoms. The normalized spacial score (nSPS) is 30.6. The van der Waals surface area contributed by atoms with Gasteiger partial charge in [-0.1, -0.05) is 13.8 Å². The van der Waals surface area contributed by atoms with E-state index in [-0.39, 0.29) is 25.1 Å². The van der Waals surface area contributed by atoms with Gasteiger partial charge < -0.3 is 30.3 Å². The van der Waals surface area contributed by atoms with Crippen LogP contribution in [0.1, 0.15) is 49.9 Å².